The van der Waals surface area contributed by atoms with Gasteiger partial charge in [-0.1, -0.05) is 50.8 Å². The highest BCUT2D eigenvalue weighted by molar-refractivity contribution is 8.16. The molecular formula is C24H29F3N4OS2. The third-order valence-corrected chi connectivity index (χ3v) is 7.30. The fourth-order valence-corrected chi connectivity index (χ4v) is 5.54. The minimum absolute atomic E-state index is 0.128. The van der Waals surface area contributed by atoms with Gasteiger partial charge in [-0.05, 0) is 31.0 Å². The molecule has 1 aromatic carbocycles. The van der Waals surface area contributed by atoms with E-state index < -0.39 is 11.7 Å². The summed E-state index contributed by atoms with van der Waals surface area (Å²) in [6.45, 7) is 4.17. The number of ether oxygens (including phenoxy) is 1. The number of amidine groups is 1. The summed E-state index contributed by atoms with van der Waals surface area (Å²) in [5, 5.41) is 8.49. The molecule has 0 aliphatic carbocycles. The van der Waals surface area contributed by atoms with Gasteiger partial charge in [0.15, 0.2) is 10.3 Å². The van der Waals surface area contributed by atoms with Gasteiger partial charge >= 0.3 is 6.18 Å². The van der Waals surface area contributed by atoms with Crippen molar-refractivity contribution in [1.29, 1.82) is 0 Å². The van der Waals surface area contributed by atoms with Crippen LogP contribution in [0.1, 0.15) is 63.1 Å². The van der Waals surface area contributed by atoms with Crippen molar-refractivity contribution in [3.05, 3.63) is 40.2 Å². The Morgan fingerprint density at radius 2 is 1.97 bits per heavy atom. The molecule has 2 aliphatic rings. The van der Waals surface area contributed by atoms with Crippen LogP contribution in [-0.4, -0.2) is 34.7 Å². The molecule has 1 aromatic heterocycles. The number of rotatable bonds is 11. The number of aromatic nitrogens is 1. The number of aliphatic imine (C=N–C) groups is 1. The number of nitrogens with zero attached hydrogens (tertiary/aromatic N) is 3. The summed E-state index contributed by atoms with van der Waals surface area (Å²) < 4.78 is 46.6. The fraction of sp³-hybridized carbons (Fsp3) is 0.500. The molecule has 5 nitrogen and oxygen atoms in total. The van der Waals surface area contributed by atoms with E-state index in [0.29, 0.717) is 10.8 Å². The highest BCUT2D eigenvalue weighted by Crippen LogP contribution is 2.40. The highest BCUT2D eigenvalue weighted by atomic mass is 32.2. The summed E-state index contributed by atoms with van der Waals surface area (Å²) in [5.41, 5.74) is 1.34. The molecule has 0 saturated heterocycles. The van der Waals surface area contributed by atoms with E-state index in [4.69, 9.17) is 4.74 Å². The lowest BCUT2D eigenvalue weighted by atomic mass is 10.1. The molecule has 2 aliphatic heterocycles. The Balaban J connectivity index is 1.39. The fourth-order valence-electron chi connectivity index (χ4n) is 3.87. The largest absolute Gasteiger partial charge is 0.493 e. The number of alkyl halides is 3. The average molecular weight is 511 g/mol. The average Bonchev–Trinajstić information content (AvgIpc) is 3.45. The van der Waals surface area contributed by atoms with Crippen LogP contribution in [0.15, 0.2) is 34.0 Å². The Kier molecular flexibility index (Phi) is 8.41. The number of benzene rings is 1. The third kappa shape index (κ3) is 6.27. The predicted molar refractivity (Wildman–Crippen MR) is 135 cm³/mol. The van der Waals surface area contributed by atoms with Gasteiger partial charge < -0.3 is 15.0 Å². The zero-order chi connectivity index (χ0) is 24.0. The van der Waals surface area contributed by atoms with Crippen molar-refractivity contribution in [1.82, 2.24) is 9.88 Å². The highest BCUT2D eigenvalue weighted by Gasteiger charge is 2.35. The Labute approximate surface area is 206 Å². The number of unbranched alkanes of at least 4 members (excludes halogenated alkanes) is 5. The Morgan fingerprint density at radius 1 is 1.15 bits per heavy atom. The molecule has 10 heteroatoms. The van der Waals surface area contributed by atoms with Gasteiger partial charge in [-0.2, -0.15) is 13.2 Å². The lowest BCUT2D eigenvalue weighted by molar-refractivity contribution is -0.138. The first kappa shape index (κ1) is 24.9. The minimum atomic E-state index is -4.50. The number of hydrogen-bond donors (Lipinski definition) is 1. The first-order valence-electron chi connectivity index (χ1n) is 11.7. The summed E-state index contributed by atoms with van der Waals surface area (Å²) in [5.74, 6) is -0.128. The van der Waals surface area contributed by atoms with E-state index in [1.807, 2.05) is 10.8 Å². The first-order chi connectivity index (χ1) is 16.5. The number of fused-ring (bicyclic) bond motifs is 1. The quantitative estimate of drug-likeness (QED) is 0.313. The zero-order valence-electron chi connectivity index (χ0n) is 19.2. The molecule has 0 radical (unpaired) electrons. The van der Waals surface area contributed by atoms with E-state index >= 15 is 0 Å². The van der Waals surface area contributed by atoms with Crippen LogP contribution in [0.3, 0.4) is 0 Å². The number of nitrogens with one attached hydrogen (secondary N) is 1. The lowest BCUT2D eigenvalue weighted by Gasteiger charge is -2.24. The van der Waals surface area contributed by atoms with E-state index in [0.717, 1.165) is 67.8 Å². The van der Waals surface area contributed by atoms with Crippen molar-refractivity contribution in [3.8, 4) is 5.75 Å². The molecule has 0 unspecified atom stereocenters. The van der Waals surface area contributed by atoms with Crippen molar-refractivity contribution in [2.24, 2.45) is 4.99 Å². The number of thiazole rings is 1. The molecule has 0 spiro atoms. The van der Waals surface area contributed by atoms with Crippen LogP contribution >= 0.6 is 23.1 Å². The second kappa shape index (κ2) is 11.5. The molecule has 0 atom stereocenters. The second-order valence-electron chi connectivity index (χ2n) is 8.28. The van der Waals surface area contributed by atoms with Crippen LogP contribution in [0.25, 0.3) is 5.70 Å². The van der Waals surface area contributed by atoms with Gasteiger partial charge in [0.05, 0.1) is 17.9 Å². The summed E-state index contributed by atoms with van der Waals surface area (Å²) in [6.07, 6.45) is 2.81. The van der Waals surface area contributed by atoms with Crippen LogP contribution in [-0.2, 0) is 6.18 Å². The second-order valence-corrected chi connectivity index (χ2v) is 9.97. The lowest BCUT2D eigenvalue weighted by Crippen LogP contribution is -2.29. The Hall–Kier alpha value is -2.20. The normalized spacial score (nSPS) is 15.7. The van der Waals surface area contributed by atoms with Crippen molar-refractivity contribution >= 4 is 44.8 Å². The molecule has 0 fully saturated rings. The smallest absolute Gasteiger partial charge is 0.420 e. The van der Waals surface area contributed by atoms with Gasteiger partial charge in [-0.25, -0.2) is 4.98 Å². The first-order valence-corrected chi connectivity index (χ1v) is 13.5. The maximum absolute atomic E-state index is 13.7. The topological polar surface area (TPSA) is 49.8 Å². The molecule has 2 aromatic rings. The van der Waals surface area contributed by atoms with Gasteiger partial charge in [-0.15, -0.1) is 11.3 Å². The molecular weight excluding hydrogens is 481 g/mol. The SMILES string of the molecule is CCCCCCCCOc1ccc(Nc2nc(C3=CSC4=NCCCN34)cs2)cc1C(F)(F)F. The maximum atomic E-state index is 13.7. The Morgan fingerprint density at radius 3 is 2.79 bits per heavy atom. The van der Waals surface area contributed by atoms with Crippen LogP contribution in [0.2, 0.25) is 0 Å². The monoisotopic (exact) mass is 510 g/mol. The summed E-state index contributed by atoms with van der Waals surface area (Å²) in [7, 11) is 0. The van der Waals surface area contributed by atoms with Crippen LogP contribution < -0.4 is 10.1 Å². The summed E-state index contributed by atoms with van der Waals surface area (Å²) in [6, 6.07) is 4.09. The van der Waals surface area contributed by atoms with E-state index in [-0.39, 0.29) is 12.4 Å². The molecule has 34 heavy (non-hydrogen) atoms. The summed E-state index contributed by atoms with van der Waals surface area (Å²) in [4.78, 5) is 11.3. The van der Waals surface area contributed by atoms with E-state index in [9.17, 15) is 13.2 Å². The van der Waals surface area contributed by atoms with E-state index in [1.54, 1.807) is 17.8 Å². The maximum Gasteiger partial charge on any atom is 0.420 e. The predicted octanol–water partition coefficient (Wildman–Crippen LogP) is 7.75. The van der Waals surface area contributed by atoms with Gasteiger partial charge in [0.2, 0.25) is 0 Å². The van der Waals surface area contributed by atoms with Crippen LogP contribution in [0, 0.1) is 0 Å². The van der Waals surface area contributed by atoms with E-state index in [2.05, 4.69) is 27.1 Å². The third-order valence-electron chi connectivity index (χ3n) is 5.64. The molecule has 0 amide bonds. The van der Waals surface area contributed by atoms with Gasteiger partial charge in [-0.3, -0.25) is 4.99 Å². The molecule has 3 heterocycles. The number of hydrogen-bond acceptors (Lipinski definition) is 7. The van der Waals surface area contributed by atoms with E-state index in [1.165, 1.54) is 30.2 Å². The molecule has 184 valence electrons. The van der Waals surface area contributed by atoms with Crippen molar-refractivity contribution in [2.75, 3.05) is 25.0 Å². The van der Waals surface area contributed by atoms with Crippen molar-refractivity contribution < 1.29 is 17.9 Å². The summed E-state index contributed by atoms with van der Waals surface area (Å²) >= 11 is 2.94. The number of halogens is 3. The zero-order valence-corrected chi connectivity index (χ0v) is 20.8. The van der Waals surface area contributed by atoms with Crippen molar-refractivity contribution in [2.45, 2.75) is 58.0 Å². The molecule has 0 bridgehead atoms. The minimum Gasteiger partial charge on any atom is -0.493 e. The van der Waals surface area contributed by atoms with Gasteiger partial charge in [0, 0.05) is 29.6 Å². The van der Waals surface area contributed by atoms with Gasteiger partial charge in [0.25, 0.3) is 0 Å². The standard InChI is InChI=1S/C24H29F3N4OS2/c1-2-3-4-5-6-7-13-32-21-10-9-17(14-18(21)24(25,26)27)29-22-30-19(15-33-22)20-16-34-23-28-11-8-12-31(20)23/h9-10,14-16H,2-8,11-13H2,1H3,(H,29,30). The van der Waals surface area contributed by atoms with Crippen molar-refractivity contribution in [3.63, 3.8) is 0 Å². The van der Waals surface area contributed by atoms with Gasteiger partial charge in [0.1, 0.15) is 11.4 Å². The Bertz CT molecular complexity index is 1040. The molecule has 0 saturated carbocycles. The number of thioether (sulfide) groups is 1. The van der Waals surface area contributed by atoms with Crippen LogP contribution in [0.4, 0.5) is 24.0 Å². The molecule has 4 rings (SSSR count). The number of anilines is 2. The molecule has 1 N–H and O–H groups in total. The van der Waals surface area contributed by atoms with Crippen LogP contribution in [0.5, 0.6) is 5.75 Å².